The summed E-state index contributed by atoms with van der Waals surface area (Å²) in [6.07, 6.45) is 0. The number of carboxylic acids is 1. The second kappa shape index (κ2) is 3.98. The van der Waals surface area contributed by atoms with Gasteiger partial charge in [0.1, 0.15) is 17.2 Å². The molecule has 0 radical (unpaired) electrons. The molecule has 0 amide bonds. The van der Waals surface area contributed by atoms with Crippen molar-refractivity contribution in [3.05, 3.63) is 33.4 Å². The first-order chi connectivity index (χ1) is 6.97. The average Bonchev–Trinajstić information content (AvgIpc) is 2.15. The lowest BCUT2D eigenvalue weighted by Gasteiger charge is -2.00. The maximum atomic E-state index is 10.7. The average molecular weight is 224 g/mol. The Morgan fingerprint density at radius 2 is 2.20 bits per heavy atom. The van der Waals surface area contributed by atoms with E-state index in [2.05, 4.69) is 12.6 Å². The van der Waals surface area contributed by atoms with Crippen molar-refractivity contribution in [3.63, 3.8) is 0 Å². The highest BCUT2D eigenvalue weighted by atomic mass is 32.1. The second-order valence-electron chi connectivity index (χ2n) is 2.56. The molecule has 7 heteroatoms. The van der Waals surface area contributed by atoms with Gasteiger partial charge < -0.3 is 5.11 Å². The highest BCUT2D eigenvalue weighted by Gasteiger charge is 2.25. The molecule has 15 heavy (non-hydrogen) atoms. The number of nitro benzene ring substituents is 1. The van der Waals surface area contributed by atoms with Crippen molar-refractivity contribution >= 4 is 24.3 Å². The summed E-state index contributed by atoms with van der Waals surface area (Å²) in [7, 11) is 0. The molecule has 0 spiro atoms. The van der Waals surface area contributed by atoms with Gasteiger partial charge in [0.2, 0.25) is 0 Å². The summed E-state index contributed by atoms with van der Waals surface area (Å²) >= 11 is 3.85. The van der Waals surface area contributed by atoms with Crippen LogP contribution in [0.3, 0.4) is 0 Å². The number of nitro groups is 1. The molecular weight excluding hydrogens is 220 g/mol. The summed E-state index contributed by atoms with van der Waals surface area (Å²) in [5, 5.41) is 27.9. The van der Waals surface area contributed by atoms with Gasteiger partial charge in [0.05, 0.1) is 4.92 Å². The molecule has 0 heterocycles. The zero-order valence-electron chi connectivity index (χ0n) is 7.17. The Bertz CT molecular complexity index is 492. The predicted octanol–water partition coefficient (Wildman–Crippen LogP) is 1.45. The first kappa shape index (κ1) is 11.0. The zero-order chi connectivity index (χ0) is 11.6. The molecule has 0 unspecified atom stereocenters. The fourth-order valence-corrected chi connectivity index (χ4v) is 1.32. The van der Waals surface area contributed by atoms with Crippen LogP contribution in [0, 0.1) is 21.4 Å². The standard InChI is InChI=1S/C8H4N2O4S/c9-3-4-1-5(15)2-6(8(11)12)7(4)10(13)14/h1-2,15H,(H,11,12). The zero-order valence-corrected chi connectivity index (χ0v) is 8.06. The number of aromatic carboxylic acids is 1. The van der Waals surface area contributed by atoms with Crippen molar-refractivity contribution in [1.29, 1.82) is 5.26 Å². The van der Waals surface area contributed by atoms with E-state index >= 15 is 0 Å². The minimum Gasteiger partial charge on any atom is -0.477 e. The van der Waals surface area contributed by atoms with Crippen LogP contribution >= 0.6 is 12.6 Å². The molecule has 0 fully saturated rings. The topological polar surface area (TPSA) is 104 Å². The van der Waals surface area contributed by atoms with Crippen LogP contribution in [0.4, 0.5) is 5.69 Å². The summed E-state index contributed by atoms with van der Waals surface area (Å²) in [5.74, 6) is -1.46. The van der Waals surface area contributed by atoms with E-state index < -0.39 is 22.1 Å². The monoisotopic (exact) mass is 224 g/mol. The first-order valence-electron chi connectivity index (χ1n) is 3.62. The third-order valence-corrected chi connectivity index (χ3v) is 1.89. The predicted molar refractivity (Wildman–Crippen MR) is 52.0 cm³/mol. The molecule has 0 aromatic heterocycles. The molecule has 6 nitrogen and oxygen atoms in total. The molecule has 0 saturated heterocycles. The van der Waals surface area contributed by atoms with Crippen LogP contribution in [0.5, 0.6) is 0 Å². The van der Waals surface area contributed by atoms with Crippen LogP contribution in [-0.4, -0.2) is 16.0 Å². The highest BCUT2D eigenvalue weighted by Crippen LogP contribution is 2.26. The molecule has 1 aromatic rings. The number of carboxylic acid groups (broad SMARTS) is 1. The number of nitriles is 1. The lowest BCUT2D eigenvalue weighted by Crippen LogP contribution is -2.04. The molecule has 1 aromatic carbocycles. The van der Waals surface area contributed by atoms with Gasteiger partial charge in [-0.1, -0.05) is 0 Å². The minimum atomic E-state index is -1.46. The number of hydrogen-bond donors (Lipinski definition) is 2. The van der Waals surface area contributed by atoms with Gasteiger partial charge in [-0.05, 0) is 12.1 Å². The van der Waals surface area contributed by atoms with Crippen molar-refractivity contribution in [2.24, 2.45) is 0 Å². The fourth-order valence-electron chi connectivity index (χ4n) is 1.06. The number of carbonyl (C=O) groups is 1. The van der Waals surface area contributed by atoms with Gasteiger partial charge in [0.15, 0.2) is 0 Å². The summed E-state index contributed by atoms with van der Waals surface area (Å²) in [6.45, 7) is 0. The molecule has 0 atom stereocenters. The fraction of sp³-hybridized carbons (Fsp3) is 0. The van der Waals surface area contributed by atoms with Gasteiger partial charge >= 0.3 is 11.7 Å². The number of thiol groups is 1. The molecule has 1 N–H and O–H groups in total. The Hall–Kier alpha value is -2.07. The van der Waals surface area contributed by atoms with E-state index in [0.29, 0.717) is 0 Å². The van der Waals surface area contributed by atoms with Gasteiger partial charge in [-0.15, -0.1) is 12.6 Å². The van der Waals surface area contributed by atoms with Gasteiger partial charge in [-0.3, -0.25) is 10.1 Å². The minimum absolute atomic E-state index is 0.189. The molecule has 76 valence electrons. The van der Waals surface area contributed by atoms with Crippen LogP contribution in [0.25, 0.3) is 0 Å². The van der Waals surface area contributed by atoms with Crippen LogP contribution in [0.2, 0.25) is 0 Å². The number of hydrogen-bond acceptors (Lipinski definition) is 5. The summed E-state index contributed by atoms with van der Waals surface area (Å²) in [5.41, 5.74) is -1.56. The van der Waals surface area contributed by atoms with Crippen molar-refractivity contribution in [2.45, 2.75) is 4.90 Å². The van der Waals surface area contributed by atoms with E-state index in [9.17, 15) is 14.9 Å². The molecule has 0 saturated carbocycles. The van der Waals surface area contributed by atoms with E-state index in [-0.39, 0.29) is 10.5 Å². The Morgan fingerprint density at radius 1 is 1.60 bits per heavy atom. The van der Waals surface area contributed by atoms with Gasteiger partial charge in [0.25, 0.3) is 0 Å². The van der Waals surface area contributed by atoms with Gasteiger partial charge in [0, 0.05) is 4.90 Å². The molecule has 0 aliphatic carbocycles. The molecular formula is C8H4N2O4S. The molecule has 1 rings (SSSR count). The lowest BCUT2D eigenvalue weighted by atomic mass is 10.1. The third-order valence-electron chi connectivity index (χ3n) is 1.63. The second-order valence-corrected chi connectivity index (χ2v) is 3.08. The van der Waals surface area contributed by atoms with Crippen LogP contribution in [0.15, 0.2) is 17.0 Å². The summed E-state index contributed by atoms with van der Waals surface area (Å²) in [6, 6.07) is 3.74. The van der Waals surface area contributed by atoms with E-state index in [0.717, 1.165) is 12.1 Å². The van der Waals surface area contributed by atoms with Gasteiger partial charge in [-0.2, -0.15) is 5.26 Å². The first-order valence-corrected chi connectivity index (χ1v) is 4.07. The number of nitrogens with zero attached hydrogens (tertiary/aromatic N) is 2. The largest absolute Gasteiger partial charge is 0.477 e. The van der Waals surface area contributed by atoms with Crippen molar-refractivity contribution in [3.8, 4) is 6.07 Å². The Labute approximate surface area is 89.3 Å². The molecule has 0 bridgehead atoms. The Balaban J connectivity index is 3.64. The maximum Gasteiger partial charge on any atom is 0.342 e. The molecule has 0 aliphatic heterocycles. The summed E-state index contributed by atoms with van der Waals surface area (Å²) in [4.78, 5) is 20.6. The third kappa shape index (κ3) is 2.05. The number of benzene rings is 1. The van der Waals surface area contributed by atoms with Crippen LogP contribution in [0.1, 0.15) is 15.9 Å². The van der Waals surface area contributed by atoms with Crippen LogP contribution < -0.4 is 0 Å². The van der Waals surface area contributed by atoms with E-state index in [1.807, 2.05) is 0 Å². The normalized spacial score (nSPS) is 9.33. The van der Waals surface area contributed by atoms with E-state index in [1.54, 1.807) is 6.07 Å². The smallest absolute Gasteiger partial charge is 0.342 e. The highest BCUT2D eigenvalue weighted by molar-refractivity contribution is 7.80. The van der Waals surface area contributed by atoms with E-state index in [1.165, 1.54) is 0 Å². The van der Waals surface area contributed by atoms with Crippen molar-refractivity contribution < 1.29 is 14.8 Å². The van der Waals surface area contributed by atoms with Crippen molar-refractivity contribution in [2.75, 3.05) is 0 Å². The number of rotatable bonds is 2. The SMILES string of the molecule is N#Cc1cc(S)cc(C(=O)O)c1[N+](=O)[O-]. The Kier molecular flexibility index (Phi) is 2.92. The summed E-state index contributed by atoms with van der Waals surface area (Å²) < 4.78 is 0. The quantitative estimate of drug-likeness (QED) is 0.449. The van der Waals surface area contributed by atoms with Crippen molar-refractivity contribution in [1.82, 2.24) is 0 Å². The van der Waals surface area contributed by atoms with E-state index in [4.69, 9.17) is 10.4 Å². The Morgan fingerprint density at radius 3 is 2.60 bits per heavy atom. The van der Waals surface area contributed by atoms with Gasteiger partial charge in [-0.25, -0.2) is 4.79 Å². The molecule has 0 aliphatic rings. The maximum absolute atomic E-state index is 10.7. The lowest BCUT2D eigenvalue weighted by molar-refractivity contribution is -0.385. The van der Waals surface area contributed by atoms with Crippen LogP contribution in [-0.2, 0) is 0 Å².